The Balaban J connectivity index is 2.00. The lowest BCUT2D eigenvalue weighted by atomic mass is 10.1. The van der Waals surface area contributed by atoms with Crippen LogP contribution in [0.15, 0.2) is 18.2 Å². The molecule has 0 radical (unpaired) electrons. The summed E-state index contributed by atoms with van der Waals surface area (Å²) in [5, 5.41) is 2.91. The van der Waals surface area contributed by atoms with Crippen molar-refractivity contribution in [3.8, 4) is 11.5 Å². The van der Waals surface area contributed by atoms with Crippen molar-refractivity contribution in [1.29, 1.82) is 0 Å². The van der Waals surface area contributed by atoms with E-state index in [9.17, 15) is 4.79 Å². The smallest absolute Gasteiger partial charge is 0.237 e. The molecule has 1 aliphatic rings. The van der Waals surface area contributed by atoms with Gasteiger partial charge in [-0.1, -0.05) is 19.4 Å². The maximum absolute atomic E-state index is 11.9. The van der Waals surface area contributed by atoms with Gasteiger partial charge in [-0.3, -0.25) is 4.79 Å². The zero-order chi connectivity index (χ0) is 13.8. The van der Waals surface area contributed by atoms with Gasteiger partial charge < -0.3 is 20.5 Å². The highest BCUT2D eigenvalue weighted by molar-refractivity contribution is 5.81. The van der Waals surface area contributed by atoms with Gasteiger partial charge in [0.05, 0.1) is 12.1 Å². The van der Waals surface area contributed by atoms with E-state index >= 15 is 0 Å². The fourth-order valence-corrected chi connectivity index (χ4v) is 2.03. The van der Waals surface area contributed by atoms with Crippen LogP contribution in [0.2, 0.25) is 0 Å². The maximum Gasteiger partial charge on any atom is 0.237 e. The van der Waals surface area contributed by atoms with Crippen LogP contribution in [0, 0.1) is 0 Å². The molecule has 1 aliphatic heterocycles. The van der Waals surface area contributed by atoms with Crippen molar-refractivity contribution in [3.63, 3.8) is 0 Å². The molecule has 2 atom stereocenters. The van der Waals surface area contributed by atoms with Crippen molar-refractivity contribution in [1.82, 2.24) is 5.32 Å². The number of hydrogen-bond donors (Lipinski definition) is 2. The Labute approximate surface area is 113 Å². The fraction of sp³-hybridized carbons (Fsp3) is 0.500. The van der Waals surface area contributed by atoms with Crippen molar-refractivity contribution in [2.45, 2.75) is 38.8 Å². The van der Waals surface area contributed by atoms with Gasteiger partial charge in [-0.25, -0.2) is 0 Å². The molecule has 0 spiro atoms. The van der Waals surface area contributed by atoms with Crippen LogP contribution in [0.3, 0.4) is 0 Å². The first-order valence-electron chi connectivity index (χ1n) is 6.57. The predicted octanol–water partition coefficient (Wildman–Crippen LogP) is 1.72. The van der Waals surface area contributed by atoms with Crippen molar-refractivity contribution in [2.75, 3.05) is 6.79 Å². The topological polar surface area (TPSA) is 73.6 Å². The number of carbonyl (C=O) groups is 1. The summed E-state index contributed by atoms with van der Waals surface area (Å²) in [4.78, 5) is 11.9. The molecule has 1 heterocycles. The minimum absolute atomic E-state index is 0.107. The molecule has 3 N–H and O–H groups in total. The molecule has 1 amide bonds. The SMILES string of the molecule is CCC[C@H](N)C(=O)NC(C)c1ccc2c(c1)OCO2. The number of nitrogens with one attached hydrogen (secondary N) is 1. The molecule has 0 bridgehead atoms. The molecule has 1 aromatic carbocycles. The molecule has 0 aliphatic carbocycles. The van der Waals surface area contributed by atoms with Crippen LogP contribution in [0.5, 0.6) is 11.5 Å². The number of hydrogen-bond acceptors (Lipinski definition) is 4. The highest BCUT2D eigenvalue weighted by atomic mass is 16.7. The summed E-state index contributed by atoms with van der Waals surface area (Å²) in [6, 6.07) is 5.11. The van der Waals surface area contributed by atoms with Gasteiger partial charge in [0, 0.05) is 0 Å². The first-order valence-corrected chi connectivity index (χ1v) is 6.57. The molecule has 104 valence electrons. The van der Waals surface area contributed by atoms with E-state index in [1.807, 2.05) is 32.0 Å². The summed E-state index contributed by atoms with van der Waals surface area (Å²) in [5.41, 5.74) is 6.76. The zero-order valence-corrected chi connectivity index (χ0v) is 11.3. The van der Waals surface area contributed by atoms with Crippen molar-refractivity contribution in [3.05, 3.63) is 23.8 Å². The summed E-state index contributed by atoms with van der Waals surface area (Å²) in [7, 11) is 0. The molecule has 0 aromatic heterocycles. The van der Waals surface area contributed by atoms with Gasteiger partial charge in [-0.15, -0.1) is 0 Å². The van der Waals surface area contributed by atoms with Crippen molar-refractivity contribution in [2.24, 2.45) is 5.73 Å². The van der Waals surface area contributed by atoms with Gasteiger partial charge in [-0.2, -0.15) is 0 Å². The molecule has 0 saturated carbocycles. The standard InChI is InChI=1S/C14H20N2O3/c1-3-4-11(15)14(17)16-9(2)10-5-6-12-13(7-10)19-8-18-12/h5-7,9,11H,3-4,8,15H2,1-2H3,(H,16,17)/t9?,11-/m0/s1. The second-order valence-corrected chi connectivity index (χ2v) is 4.74. The maximum atomic E-state index is 11.9. The Bertz CT molecular complexity index is 462. The summed E-state index contributed by atoms with van der Waals surface area (Å²) in [5.74, 6) is 1.34. The van der Waals surface area contributed by atoms with Crippen molar-refractivity contribution < 1.29 is 14.3 Å². The molecular formula is C14H20N2O3. The quantitative estimate of drug-likeness (QED) is 0.849. The Morgan fingerprint density at radius 1 is 1.42 bits per heavy atom. The number of ether oxygens (including phenoxy) is 2. The van der Waals surface area contributed by atoms with Crippen LogP contribution in [0.25, 0.3) is 0 Å². The van der Waals surface area contributed by atoms with Crippen LogP contribution in [-0.4, -0.2) is 18.7 Å². The van der Waals surface area contributed by atoms with E-state index in [-0.39, 0.29) is 18.7 Å². The third-order valence-corrected chi connectivity index (χ3v) is 3.19. The van der Waals surface area contributed by atoms with Crippen LogP contribution >= 0.6 is 0 Å². The van der Waals surface area contributed by atoms with Crippen LogP contribution < -0.4 is 20.5 Å². The number of benzene rings is 1. The second-order valence-electron chi connectivity index (χ2n) is 4.74. The summed E-state index contributed by atoms with van der Waals surface area (Å²) >= 11 is 0. The first-order chi connectivity index (χ1) is 9.11. The molecule has 5 heteroatoms. The monoisotopic (exact) mass is 264 g/mol. The van der Waals surface area contributed by atoms with Crippen LogP contribution in [0.1, 0.15) is 38.3 Å². The van der Waals surface area contributed by atoms with Gasteiger partial charge in [0.25, 0.3) is 0 Å². The zero-order valence-electron chi connectivity index (χ0n) is 11.3. The molecule has 2 rings (SSSR count). The van der Waals surface area contributed by atoms with Crippen LogP contribution in [0.4, 0.5) is 0 Å². The van der Waals surface area contributed by atoms with E-state index < -0.39 is 6.04 Å². The third kappa shape index (κ3) is 3.17. The van der Waals surface area contributed by atoms with Gasteiger partial charge in [0.1, 0.15) is 0 Å². The molecule has 19 heavy (non-hydrogen) atoms. The van der Waals surface area contributed by atoms with Gasteiger partial charge >= 0.3 is 0 Å². The molecule has 0 fully saturated rings. The Hall–Kier alpha value is -1.75. The second kappa shape index (κ2) is 5.93. The molecule has 0 saturated heterocycles. The highest BCUT2D eigenvalue weighted by Crippen LogP contribution is 2.34. The van der Waals surface area contributed by atoms with Crippen molar-refractivity contribution >= 4 is 5.91 Å². The van der Waals surface area contributed by atoms with Gasteiger partial charge in [0.15, 0.2) is 11.5 Å². The number of fused-ring (bicyclic) bond motifs is 1. The van der Waals surface area contributed by atoms with E-state index in [1.165, 1.54) is 0 Å². The van der Waals surface area contributed by atoms with E-state index in [4.69, 9.17) is 15.2 Å². The largest absolute Gasteiger partial charge is 0.454 e. The lowest BCUT2D eigenvalue weighted by Crippen LogP contribution is -2.41. The van der Waals surface area contributed by atoms with Gasteiger partial charge in [-0.05, 0) is 31.0 Å². The average Bonchev–Trinajstić information content (AvgIpc) is 2.85. The minimum atomic E-state index is -0.443. The number of carbonyl (C=O) groups excluding carboxylic acids is 1. The Kier molecular flexibility index (Phi) is 4.27. The number of nitrogens with two attached hydrogens (primary N) is 1. The van der Waals surface area contributed by atoms with E-state index in [2.05, 4.69) is 5.32 Å². The predicted molar refractivity (Wildman–Crippen MR) is 72.0 cm³/mol. The fourth-order valence-electron chi connectivity index (χ4n) is 2.03. The lowest BCUT2D eigenvalue weighted by molar-refractivity contribution is -0.123. The normalized spacial score (nSPS) is 15.9. The number of rotatable bonds is 5. The average molecular weight is 264 g/mol. The minimum Gasteiger partial charge on any atom is -0.454 e. The summed E-state index contributed by atoms with van der Waals surface area (Å²) in [6.45, 7) is 4.18. The molecule has 5 nitrogen and oxygen atoms in total. The van der Waals surface area contributed by atoms with E-state index in [0.717, 1.165) is 23.5 Å². The third-order valence-electron chi connectivity index (χ3n) is 3.19. The number of amides is 1. The first kappa shape index (κ1) is 13.7. The molecule has 1 aromatic rings. The van der Waals surface area contributed by atoms with E-state index in [0.29, 0.717) is 6.42 Å². The van der Waals surface area contributed by atoms with E-state index in [1.54, 1.807) is 0 Å². The Morgan fingerprint density at radius 2 is 2.16 bits per heavy atom. The van der Waals surface area contributed by atoms with Crippen LogP contribution in [-0.2, 0) is 4.79 Å². The summed E-state index contributed by atoms with van der Waals surface area (Å²) < 4.78 is 10.6. The molecule has 1 unspecified atom stereocenters. The Morgan fingerprint density at radius 3 is 2.89 bits per heavy atom. The van der Waals surface area contributed by atoms with Gasteiger partial charge in [0.2, 0.25) is 12.7 Å². The lowest BCUT2D eigenvalue weighted by Gasteiger charge is -2.17. The summed E-state index contributed by atoms with van der Waals surface area (Å²) in [6.07, 6.45) is 1.59. The molecular weight excluding hydrogens is 244 g/mol. The highest BCUT2D eigenvalue weighted by Gasteiger charge is 2.19.